The van der Waals surface area contributed by atoms with Crippen LogP contribution in [0.3, 0.4) is 0 Å². The Morgan fingerprint density at radius 2 is 2.11 bits per heavy atom. The minimum Gasteiger partial charge on any atom is -0.368 e. The van der Waals surface area contributed by atoms with Crippen molar-refractivity contribution in [1.82, 2.24) is 25.1 Å². The summed E-state index contributed by atoms with van der Waals surface area (Å²) >= 11 is 0. The largest absolute Gasteiger partial charge is 0.368 e. The van der Waals surface area contributed by atoms with Crippen molar-refractivity contribution in [2.24, 2.45) is 12.2 Å². The topological polar surface area (TPSA) is 137 Å². The molecule has 148 valence electrons. The highest BCUT2D eigenvalue weighted by atomic mass is 32.2. The minimum atomic E-state index is -3.70. The van der Waals surface area contributed by atoms with Crippen LogP contribution >= 0.6 is 0 Å². The van der Waals surface area contributed by atoms with E-state index in [0.717, 1.165) is 17.5 Å². The van der Waals surface area contributed by atoms with Crippen molar-refractivity contribution >= 4 is 26.9 Å². The van der Waals surface area contributed by atoms with Crippen molar-refractivity contribution in [1.29, 1.82) is 0 Å². The molecule has 1 unspecified atom stereocenters. The number of primary sulfonamides is 1. The average molecular weight is 403 g/mol. The normalized spacial score (nSPS) is 17.7. The van der Waals surface area contributed by atoms with Gasteiger partial charge < -0.3 is 15.4 Å². The lowest BCUT2D eigenvalue weighted by Gasteiger charge is -2.23. The van der Waals surface area contributed by atoms with E-state index >= 15 is 0 Å². The molecule has 0 aliphatic carbocycles. The van der Waals surface area contributed by atoms with Gasteiger partial charge in [0.15, 0.2) is 11.5 Å². The number of aromatic nitrogens is 4. The fraction of sp³-hybridized carbons (Fsp3) is 0.353. The summed E-state index contributed by atoms with van der Waals surface area (Å²) in [5.41, 5.74) is 1.60. The van der Waals surface area contributed by atoms with Gasteiger partial charge in [-0.05, 0) is 17.7 Å². The van der Waals surface area contributed by atoms with E-state index < -0.39 is 10.0 Å². The number of aryl methyl sites for hydroxylation is 1. The van der Waals surface area contributed by atoms with Gasteiger partial charge in [-0.1, -0.05) is 12.1 Å². The minimum absolute atomic E-state index is 0.0807. The molecule has 3 heterocycles. The monoisotopic (exact) mass is 403 g/mol. The van der Waals surface area contributed by atoms with Gasteiger partial charge in [-0.2, -0.15) is 5.10 Å². The summed E-state index contributed by atoms with van der Waals surface area (Å²) in [6, 6.07) is 6.39. The zero-order valence-electron chi connectivity index (χ0n) is 15.3. The predicted octanol–water partition coefficient (Wildman–Crippen LogP) is 0.284. The van der Waals surface area contributed by atoms with Gasteiger partial charge in [-0.15, -0.1) is 0 Å². The number of hydrogen-bond acceptors (Lipinski definition) is 8. The second kappa shape index (κ2) is 7.43. The third kappa shape index (κ3) is 3.83. The summed E-state index contributed by atoms with van der Waals surface area (Å²) < 4.78 is 30.2. The highest BCUT2D eigenvalue weighted by molar-refractivity contribution is 7.89. The molecule has 4 N–H and O–H groups in total. The number of fused-ring (bicyclic) bond motifs is 1. The van der Waals surface area contributed by atoms with E-state index in [2.05, 4.69) is 25.7 Å². The number of morpholine rings is 1. The number of nitrogens with one attached hydrogen (secondary N) is 2. The molecule has 0 radical (unpaired) electrons. The third-order valence-electron chi connectivity index (χ3n) is 4.54. The van der Waals surface area contributed by atoms with Gasteiger partial charge in [0.25, 0.3) is 0 Å². The summed E-state index contributed by atoms with van der Waals surface area (Å²) in [6.07, 6.45) is 1.49. The molecular formula is C17H21N7O3S. The van der Waals surface area contributed by atoms with E-state index in [4.69, 9.17) is 9.88 Å². The van der Waals surface area contributed by atoms with E-state index in [-0.39, 0.29) is 11.0 Å². The van der Waals surface area contributed by atoms with Gasteiger partial charge in [0, 0.05) is 26.7 Å². The summed E-state index contributed by atoms with van der Waals surface area (Å²) in [5.74, 6) is 1.24. The molecule has 0 bridgehead atoms. The van der Waals surface area contributed by atoms with Gasteiger partial charge in [-0.25, -0.2) is 23.5 Å². The first-order valence-electron chi connectivity index (χ1n) is 8.79. The van der Waals surface area contributed by atoms with E-state index in [9.17, 15) is 8.42 Å². The molecule has 1 aromatic carbocycles. The lowest BCUT2D eigenvalue weighted by Crippen LogP contribution is -2.34. The molecule has 1 aliphatic rings. The quantitative estimate of drug-likeness (QED) is 0.553. The van der Waals surface area contributed by atoms with Gasteiger partial charge >= 0.3 is 0 Å². The van der Waals surface area contributed by atoms with Gasteiger partial charge in [0.1, 0.15) is 11.9 Å². The standard InChI is InChI=1S/C17H21N7O3S/c1-24-17-13(9-21-24)15(22-16(23-17)14-10-19-6-7-27-14)20-8-11-2-4-12(5-3-11)28(18,25)26/h2-5,9,14,19H,6-8,10H2,1H3,(H2,18,25,26)(H,20,22,23). The molecule has 1 fully saturated rings. The van der Waals surface area contributed by atoms with E-state index in [1.54, 1.807) is 23.0 Å². The Bertz CT molecular complexity index is 1090. The predicted molar refractivity (Wildman–Crippen MR) is 103 cm³/mol. The Kier molecular flexibility index (Phi) is 4.98. The van der Waals surface area contributed by atoms with Crippen LogP contribution in [0.4, 0.5) is 5.82 Å². The zero-order chi connectivity index (χ0) is 19.7. The van der Waals surface area contributed by atoms with Crippen molar-refractivity contribution < 1.29 is 13.2 Å². The highest BCUT2D eigenvalue weighted by Gasteiger charge is 2.21. The number of nitrogens with zero attached hydrogens (tertiary/aromatic N) is 4. The molecule has 4 rings (SSSR count). The third-order valence-corrected chi connectivity index (χ3v) is 5.47. The average Bonchev–Trinajstić information content (AvgIpc) is 3.07. The first-order chi connectivity index (χ1) is 13.4. The molecule has 10 nitrogen and oxygen atoms in total. The molecule has 0 amide bonds. The lowest BCUT2D eigenvalue weighted by atomic mass is 10.2. The molecule has 1 saturated heterocycles. The lowest BCUT2D eigenvalue weighted by molar-refractivity contribution is 0.0224. The maximum Gasteiger partial charge on any atom is 0.238 e. The number of ether oxygens (including phenoxy) is 1. The molecule has 3 aromatic rings. The Morgan fingerprint density at radius 1 is 1.32 bits per heavy atom. The van der Waals surface area contributed by atoms with Crippen LogP contribution in [0.2, 0.25) is 0 Å². The smallest absolute Gasteiger partial charge is 0.238 e. The number of anilines is 1. The van der Waals surface area contributed by atoms with E-state index in [0.29, 0.717) is 37.0 Å². The number of nitrogens with two attached hydrogens (primary N) is 1. The first kappa shape index (κ1) is 18.7. The summed E-state index contributed by atoms with van der Waals surface area (Å²) in [5, 5.41) is 16.8. The molecule has 0 spiro atoms. The first-order valence-corrected chi connectivity index (χ1v) is 10.3. The van der Waals surface area contributed by atoms with E-state index in [1.807, 2.05) is 7.05 Å². The number of benzene rings is 1. The number of sulfonamides is 1. The van der Waals surface area contributed by atoms with Crippen LogP contribution in [0.1, 0.15) is 17.5 Å². The Hall–Kier alpha value is -2.60. The molecule has 2 aromatic heterocycles. The second-order valence-electron chi connectivity index (χ2n) is 6.54. The van der Waals surface area contributed by atoms with Crippen molar-refractivity contribution in [3.05, 3.63) is 41.9 Å². The summed E-state index contributed by atoms with van der Waals surface area (Å²) in [4.78, 5) is 9.35. The van der Waals surface area contributed by atoms with Crippen molar-refractivity contribution in [2.45, 2.75) is 17.5 Å². The molecule has 0 saturated carbocycles. The molecular weight excluding hydrogens is 382 g/mol. The van der Waals surface area contributed by atoms with Crippen LogP contribution in [0.15, 0.2) is 35.4 Å². The van der Waals surface area contributed by atoms with Crippen molar-refractivity contribution in [3.63, 3.8) is 0 Å². The molecule has 1 aliphatic heterocycles. The maximum absolute atomic E-state index is 11.4. The molecule has 28 heavy (non-hydrogen) atoms. The van der Waals surface area contributed by atoms with Crippen LogP contribution < -0.4 is 15.8 Å². The van der Waals surface area contributed by atoms with Crippen LogP contribution in [0.5, 0.6) is 0 Å². The van der Waals surface area contributed by atoms with Gasteiger partial charge in [-0.3, -0.25) is 4.68 Å². The number of hydrogen-bond donors (Lipinski definition) is 3. The van der Waals surface area contributed by atoms with Crippen LogP contribution in [0, 0.1) is 0 Å². The summed E-state index contributed by atoms with van der Waals surface area (Å²) in [6.45, 7) is 2.52. The zero-order valence-corrected chi connectivity index (χ0v) is 16.1. The van der Waals surface area contributed by atoms with Gasteiger partial charge in [0.05, 0.1) is 23.1 Å². The van der Waals surface area contributed by atoms with E-state index in [1.165, 1.54) is 12.1 Å². The van der Waals surface area contributed by atoms with Crippen LogP contribution in [-0.4, -0.2) is 47.9 Å². The number of rotatable bonds is 5. The Morgan fingerprint density at radius 3 is 2.79 bits per heavy atom. The Labute approximate surface area is 162 Å². The fourth-order valence-corrected chi connectivity index (χ4v) is 3.55. The van der Waals surface area contributed by atoms with Crippen molar-refractivity contribution in [2.75, 3.05) is 25.0 Å². The van der Waals surface area contributed by atoms with Gasteiger partial charge in [0.2, 0.25) is 10.0 Å². The second-order valence-corrected chi connectivity index (χ2v) is 8.10. The van der Waals surface area contributed by atoms with Crippen molar-refractivity contribution in [3.8, 4) is 0 Å². The molecule has 11 heteroatoms. The highest BCUT2D eigenvalue weighted by Crippen LogP contribution is 2.24. The SMILES string of the molecule is Cn1ncc2c(NCc3ccc(S(N)(=O)=O)cc3)nc(C3CNCCO3)nc21. The maximum atomic E-state index is 11.4. The van der Waals surface area contributed by atoms with Crippen LogP contribution in [-0.2, 0) is 28.4 Å². The fourth-order valence-electron chi connectivity index (χ4n) is 3.03. The Balaban J connectivity index is 1.60. The van der Waals surface area contributed by atoms with Crippen LogP contribution in [0.25, 0.3) is 11.0 Å². The summed E-state index contributed by atoms with van der Waals surface area (Å²) in [7, 11) is -1.87. The molecule has 1 atom stereocenters.